The Morgan fingerprint density at radius 2 is 1.73 bits per heavy atom. The van der Waals surface area contributed by atoms with Gasteiger partial charge in [0.25, 0.3) is 0 Å². The van der Waals surface area contributed by atoms with Crippen molar-refractivity contribution in [1.29, 1.82) is 0 Å². The molecule has 3 heterocycles. The van der Waals surface area contributed by atoms with Crippen molar-refractivity contribution in [3.05, 3.63) is 82.1 Å². The third-order valence-corrected chi connectivity index (χ3v) is 5.05. The number of nitrogens with one attached hydrogen (secondary N) is 2. The van der Waals surface area contributed by atoms with E-state index in [-0.39, 0.29) is 10.3 Å². The standard InChI is InChI=1S/C22H15N5O2S/c23-20-18(12-4-2-1-3-5-12)19(28)16-9-13(6-7-17(16)25-20)14-8-15(11-24-10-14)21-26-22(30)29-27-21/h1-11H,(H3,23,25,28)(H,26,27,30). The van der Waals surface area contributed by atoms with Gasteiger partial charge >= 0.3 is 4.84 Å². The van der Waals surface area contributed by atoms with Crippen LogP contribution in [-0.2, 0) is 0 Å². The molecule has 30 heavy (non-hydrogen) atoms. The number of nitrogens with two attached hydrogens (primary N) is 1. The molecular weight excluding hydrogens is 398 g/mol. The minimum atomic E-state index is -0.126. The Hall–Kier alpha value is -4.04. The van der Waals surface area contributed by atoms with Crippen LogP contribution in [0.1, 0.15) is 0 Å². The van der Waals surface area contributed by atoms with Crippen molar-refractivity contribution in [2.75, 3.05) is 5.73 Å². The summed E-state index contributed by atoms with van der Waals surface area (Å²) in [6, 6.07) is 16.9. The first kappa shape index (κ1) is 18.0. The number of fused-ring (bicyclic) bond motifs is 1. The zero-order valence-electron chi connectivity index (χ0n) is 15.5. The first-order valence-corrected chi connectivity index (χ1v) is 9.53. The van der Waals surface area contributed by atoms with E-state index < -0.39 is 0 Å². The largest absolute Gasteiger partial charge is 0.385 e. The molecule has 0 fully saturated rings. The Bertz CT molecular complexity index is 1500. The molecule has 5 aromatic rings. The predicted molar refractivity (Wildman–Crippen MR) is 118 cm³/mol. The summed E-state index contributed by atoms with van der Waals surface area (Å²) in [5, 5.41) is 3.22. The van der Waals surface area contributed by atoms with Gasteiger partial charge in [-0.05, 0) is 41.5 Å². The minimum absolute atomic E-state index is 0.124. The summed E-state index contributed by atoms with van der Waals surface area (Å²) in [6.07, 6.45) is 3.39. The predicted octanol–water partition coefficient (Wildman–Crippen LogP) is 4.55. The van der Waals surface area contributed by atoms with Gasteiger partial charge < -0.3 is 15.2 Å². The van der Waals surface area contributed by atoms with Gasteiger partial charge in [0.05, 0.1) is 11.1 Å². The maximum absolute atomic E-state index is 13.3. The second-order valence-corrected chi connectivity index (χ2v) is 7.11. The Morgan fingerprint density at radius 1 is 0.933 bits per heavy atom. The molecule has 0 bridgehead atoms. The van der Waals surface area contributed by atoms with E-state index >= 15 is 0 Å². The minimum Gasteiger partial charge on any atom is -0.385 e. The van der Waals surface area contributed by atoms with Gasteiger partial charge in [0, 0.05) is 28.9 Å². The van der Waals surface area contributed by atoms with Gasteiger partial charge in [0.15, 0.2) is 11.3 Å². The summed E-state index contributed by atoms with van der Waals surface area (Å²) in [7, 11) is 0. The van der Waals surface area contributed by atoms with E-state index in [1.807, 2.05) is 54.6 Å². The number of hydrogen-bond acceptors (Lipinski definition) is 6. The molecule has 0 amide bonds. The first-order chi connectivity index (χ1) is 14.6. The molecule has 4 N–H and O–H groups in total. The molecule has 3 aromatic heterocycles. The van der Waals surface area contributed by atoms with Crippen molar-refractivity contribution >= 4 is 28.9 Å². The van der Waals surface area contributed by atoms with E-state index in [0.717, 1.165) is 22.3 Å². The summed E-state index contributed by atoms with van der Waals surface area (Å²) in [4.78, 5) is 24.9. The fraction of sp³-hybridized carbons (Fsp3) is 0. The van der Waals surface area contributed by atoms with Crippen LogP contribution in [0.15, 0.2) is 76.3 Å². The molecule has 8 heteroatoms. The highest BCUT2D eigenvalue weighted by Gasteiger charge is 2.13. The molecule has 0 unspecified atom stereocenters. The van der Waals surface area contributed by atoms with Gasteiger partial charge in [-0.3, -0.25) is 9.78 Å². The maximum atomic E-state index is 13.3. The summed E-state index contributed by atoms with van der Waals surface area (Å²) in [5.41, 5.74) is 10.3. The van der Waals surface area contributed by atoms with Crippen LogP contribution in [0.5, 0.6) is 0 Å². The Morgan fingerprint density at radius 3 is 2.50 bits per heavy atom. The molecule has 0 aliphatic carbocycles. The average molecular weight is 413 g/mol. The second-order valence-electron chi connectivity index (χ2n) is 6.76. The number of aromatic amines is 2. The molecule has 0 atom stereocenters. The molecule has 0 aliphatic heterocycles. The molecular formula is C22H15N5O2S. The van der Waals surface area contributed by atoms with Gasteiger partial charge in [-0.25, -0.2) is 5.16 Å². The lowest BCUT2D eigenvalue weighted by Crippen LogP contribution is -2.11. The van der Waals surface area contributed by atoms with E-state index in [1.54, 1.807) is 12.4 Å². The number of pyridine rings is 2. The van der Waals surface area contributed by atoms with E-state index in [4.69, 9.17) is 22.5 Å². The molecule has 0 radical (unpaired) electrons. The Kier molecular flexibility index (Phi) is 4.26. The lowest BCUT2D eigenvalue weighted by Gasteiger charge is -2.10. The Balaban J connectivity index is 1.67. The van der Waals surface area contributed by atoms with Crippen LogP contribution in [0.2, 0.25) is 0 Å². The van der Waals surface area contributed by atoms with Crippen LogP contribution in [0.25, 0.3) is 44.5 Å². The van der Waals surface area contributed by atoms with Crippen molar-refractivity contribution < 1.29 is 4.52 Å². The van der Waals surface area contributed by atoms with Crippen LogP contribution in [0.3, 0.4) is 0 Å². The number of benzene rings is 2. The fourth-order valence-electron chi connectivity index (χ4n) is 3.46. The van der Waals surface area contributed by atoms with Gasteiger partial charge in [-0.15, -0.1) is 0 Å². The summed E-state index contributed by atoms with van der Waals surface area (Å²) in [6.45, 7) is 0. The highest BCUT2D eigenvalue weighted by atomic mass is 32.1. The van der Waals surface area contributed by atoms with Crippen molar-refractivity contribution in [2.45, 2.75) is 0 Å². The normalized spacial score (nSPS) is 11.1. The third kappa shape index (κ3) is 3.09. The smallest absolute Gasteiger partial charge is 0.314 e. The fourth-order valence-corrected chi connectivity index (χ4v) is 3.59. The monoisotopic (exact) mass is 413 g/mol. The lowest BCUT2D eigenvalue weighted by atomic mass is 10.00. The highest BCUT2D eigenvalue weighted by molar-refractivity contribution is 7.71. The summed E-state index contributed by atoms with van der Waals surface area (Å²) in [5.74, 6) is 0.837. The quantitative estimate of drug-likeness (QED) is 0.374. The van der Waals surface area contributed by atoms with Crippen molar-refractivity contribution in [2.24, 2.45) is 0 Å². The molecule has 0 aliphatic rings. The zero-order valence-corrected chi connectivity index (χ0v) is 16.4. The summed E-state index contributed by atoms with van der Waals surface area (Å²) < 4.78 is 5.00. The van der Waals surface area contributed by atoms with E-state index in [2.05, 4.69) is 20.1 Å². The van der Waals surface area contributed by atoms with Crippen LogP contribution in [-0.4, -0.2) is 20.1 Å². The SMILES string of the molecule is Nc1[nH]c2ccc(-c3cncc(-c4nc(=S)o[nH]4)c3)cc2c(=O)c1-c1ccccc1. The number of hydrogen-bond donors (Lipinski definition) is 3. The molecule has 2 aromatic carbocycles. The van der Waals surface area contributed by atoms with E-state index in [1.165, 1.54) is 0 Å². The van der Waals surface area contributed by atoms with Crippen molar-refractivity contribution in [3.8, 4) is 33.6 Å². The number of H-pyrrole nitrogens is 2. The maximum Gasteiger partial charge on any atom is 0.314 e. The van der Waals surface area contributed by atoms with Crippen LogP contribution in [0.4, 0.5) is 5.82 Å². The highest BCUT2D eigenvalue weighted by Crippen LogP contribution is 2.28. The number of anilines is 1. The second kappa shape index (κ2) is 7.09. The van der Waals surface area contributed by atoms with Crippen LogP contribution < -0.4 is 11.2 Å². The molecule has 0 saturated carbocycles. The van der Waals surface area contributed by atoms with Crippen LogP contribution in [0, 0.1) is 4.84 Å². The third-order valence-electron chi connectivity index (χ3n) is 4.88. The number of aromatic nitrogens is 4. The number of nitrogen functional groups attached to an aromatic ring is 1. The molecule has 0 spiro atoms. The van der Waals surface area contributed by atoms with E-state index in [0.29, 0.717) is 28.1 Å². The van der Waals surface area contributed by atoms with Crippen molar-refractivity contribution in [1.82, 2.24) is 20.1 Å². The Labute approximate surface area is 175 Å². The first-order valence-electron chi connectivity index (χ1n) is 9.12. The number of nitrogens with zero attached hydrogens (tertiary/aromatic N) is 2. The lowest BCUT2D eigenvalue weighted by molar-refractivity contribution is 0.406. The van der Waals surface area contributed by atoms with Gasteiger partial charge in [0.1, 0.15) is 5.82 Å². The molecule has 146 valence electrons. The van der Waals surface area contributed by atoms with Gasteiger partial charge in [0.2, 0.25) is 0 Å². The average Bonchev–Trinajstić information content (AvgIpc) is 3.21. The molecule has 0 saturated heterocycles. The molecule has 5 rings (SSSR count). The van der Waals surface area contributed by atoms with Crippen molar-refractivity contribution in [3.63, 3.8) is 0 Å². The van der Waals surface area contributed by atoms with Crippen LogP contribution >= 0.6 is 12.2 Å². The molecule has 7 nitrogen and oxygen atoms in total. The summed E-state index contributed by atoms with van der Waals surface area (Å²) >= 11 is 4.91. The van der Waals surface area contributed by atoms with Gasteiger partial charge in [-0.2, -0.15) is 4.98 Å². The zero-order chi connectivity index (χ0) is 20.7. The topological polar surface area (TPSA) is 114 Å². The van der Waals surface area contributed by atoms with E-state index in [9.17, 15) is 4.79 Å². The van der Waals surface area contributed by atoms with Gasteiger partial charge in [-0.1, -0.05) is 36.4 Å². The number of rotatable bonds is 3.